The Morgan fingerprint density at radius 1 is 1.18 bits per heavy atom. The third-order valence-corrected chi connectivity index (χ3v) is 5.52. The molecular weight excluding hydrogens is 298 g/mol. The number of rotatable bonds is 6. The van der Waals surface area contributed by atoms with Crippen LogP contribution < -0.4 is 5.32 Å². The first-order valence-electron chi connectivity index (χ1n) is 7.59. The smallest absolute Gasteiger partial charge is 0.268 e. The van der Waals surface area contributed by atoms with Gasteiger partial charge in [0.1, 0.15) is 5.60 Å². The molecule has 5 heteroatoms. The van der Waals surface area contributed by atoms with Gasteiger partial charge in [0.25, 0.3) is 10.1 Å². The highest BCUT2D eigenvalue weighted by Crippen LogP contribution is 2.30. The van der Waals surface area contributed by atoms with Crippen LogP contribution in [0.4, 0.5) is 0 Å². The Balaban J connectivity index is 1.77. The van der Waals surface area contributed by atoms with E-state index >= 15 is 0 Å². The van der Waals surface area contributed by atoms with Gasteiger partial charge in [0.2, 0.25) is 0 Å². The van der Waals surface area contributed by atoms with E-state index in [4.69, 9.17) is 4.18 Å². The van der Waals surface area contributed by atoms with E-state index in [9.17, 15) is 8.42 Å². The summed E-state index contributed by atoms with van der Waals surface area (Å²) < 4.78 is 30.5. The first-order valence-corrected chi connectivity index (χ1v) is 9.17. The van der Waals surface area contributed by atoms with Crippen LogP contribution in [-0.4, -0.2) is 32.9 Å². The molecule has 2 aliphatic rings. The highest BCUT2D eigenvalue weighted by molar-refractivity contribution is 7.86. The fraction of sp³-hybridized carbons (Fsp3) is 0.412. The van der Waals surface area contributed by atoms with Crippen molar-refractivity contribution in [1.82, 2.24) is 5.32 Å². The number of nitrogens with one attached hydrogen (secondary N) is 1. The molecule has 1 N–H and O–H groups in total. The number of hydrogen-bond acceptors (Lipinski definition) is 4. The number of benzene rings is 1. The quantitative estimate of drug-likeness (QED) is 0.816. The fourth-order valence-electron chi connectivity index (χ4n) is 2.85. The maximum Gasteiger partial charge on any atom is 0.268 e. The second-order valence-corrected chi connectivity index (χ2v) is 7.67. The highest BCUT2D eigenvalue weighted by Gasteiger charge is 2.36. The van der Waals surface area contributed by atoms with Gasteiger partial charge in [0.15, 0.2) is 0 Å². The van der Waals surface area contributed by atoms with E-state index < -0.39 is 15.7 Å². The molecule has 3 rings (SSSR count). The van der Waals surface area contributed by atoms with Crippen LogP contribution in [0.25, 0.3) is 0 Å². The Bertz CT molecular complexity index is 662. The summed E-state index contributed by atoms with van der Waals surface area (Å²) in [5, 5.41) is 3.09. The Labute approximate surface area is 132 Å². The Kier molecular flexibility index (Phi) is 4.47. The van der Waals surface area contributed by atoms with Crippen molar-refractivity contribution in [3.63, 3.8) is 0 Å². The lowest BCUT2D eigenvalue weighted by atomic mass is 9.88. The summed E-state index contributed by atoms with van der Waals surface area (Å²) in [5.74, 6) is 0.260. The molecule has 0 saturated carbocycles. The summed E-state index contributed by atoms with van der Waals surface area (Å²) in [5.41, 5.74) is 0.273. The van der Waals surface area contributed by atoms with Crippen molar-refractivity contribution in [3.8, 4) is 0 Å². The molecule has 0 amide bonds. The second kappa shape index (κ2) is 6.36. The maximum absolute atomic E-state index is 12.4. The van der Waals surface area contributed by atoms with Crippen LogP contribution in [0.5, 0.6) is 0 Å². The largest absolute Gasteiger partial charge is 0.316 e. The molecule has 1 aliphatic heterocycles. The minimum absolute atomic E-state index is 0.0914. The van der Waals surface area contributed by atoms with E-state index in [1.807, 2.05) is 54.6 Å². The van der Waals surface area contributed by atoms with Gasteiger partial charge < -0.3 is 5.32 Å². The molecule has 118 valence electrons. The highest BCUT2D eigenvalue weighted by atomic mass is 32.2. The van der Waals surface area contributed by atoms with Crippen molar-refractivity contribution in [2.45, 2.75) is 18.4 Å². The van der Waals surface area contributed by atoms with Crippen molar-refractivity contribution in [2.75, 3.05) is 18.8 Å². The van der Waals surface area contributed by atoms with E-state index in [0.29, 0.717) is 12.8 Å². The Morgan fingerprint density at radius 3 is 2.55 bits per heavy atom. The molecule has 1 heterocycles. The van der Waals surface area contributed by atoms with E-state index in [1.165, 1.54) is 0 Å². The fourth-order valence-corrected chi connectivity index (χ4v) is 4.42. The molecule has 22 heavy (non-hydrogen) atoms. The van der Waals surface area contributed by atoms with E-state index in [2.05, 4.69) is 5.32 Å². The molecular formula is C17H21NO3S. The zero-order chi connectivity index (χ0) is 15.5. The third kappa shape index (κ3) is 3.85. The average Bonchev–Trinajstić information content (AvgIpc) is 2.44. The summed E-state index contributed by atoms with van der Waals surface area (Å²) in [6.45, 7) is 1.51. The van der Waals surface area contributed by atoms with Crippen LogP contribution >= 0.6 is 0 Å². The number of allylic oxidation sites excluding steroid dienone is 2. The summed E-state index contributed by atoms with van der Waals surface area (Å²) >= 11 is 0. The zero-order valence-electron chi connectivity index (χ0n) is 12.4. The lowest BCUT2D eigenvalue weighted by Crippen LogP contribution is -2.47. The summed E-state index contributed by atoms with van der Waals surface area (Å²) in [4.78, 5) is 0. The van der Waals surface area contributed by atoms with Gasteiger partial charge in [-0.3, -0.25) is 4.18 Å². The van der Waals surface area contributed by atoms with E-state index in [-0.39, 0.29) is 11.7 Å². The molecule has 0 spiro atoms. The molecule has 1 saturated heterocycles. The third-order valence-electron chi connectivity index (χ3n) is 4.06. The summed E-state index contributed by atoms with van der Waals surface area (Å²) in [6.07, 6.45) is 8.75. The molecule has 1 aromatic rings. The van der Waals surface area contributed by atoms with E-state index in [1.54, 1.807) is 0 Å². The monoisotopic (exact) mass is 319 g/mol. The van der Waals surface area contributed by atoms with Gasteiger partial charge in [-0.25, -0.2) is 0 Å². The average molecular weight is 319 g/mol. The van der Waals surface area contributed by atoms with Crippen molar-refractivity contribution < 1.29 is 12.6 Å². The Morgan fingerprint density at radius 2 is 1.95 bits per heavy atom. The molecule has 0 radical (unpaired) electrons. The van der Waals surface area contributed by atoms with Gasteiger partial charge in [-0.2, -0.15) is 8.42 Å². The van der Waals surface area contributed by atoms with Crippen molar-refractivity contribution in [1.29, 1.82) is 0 Å². The molecule has 1 aromatic carbocycles. The minimum atomic E-state index is -3.54. The lowest BCUT2D eigenvalue weighted by Gasteiger charge is -2.33. The molecule has 4 nitrogen and oxygen atoms in total. The van der Waals surface area contributed by atoms with Gasteiger partial charge in [-0.15, -0.1) is 0 Å². The van der Waals surface area contributed by atoms with Crippen molar-refractivity contribution in [3.05, 3.63) is 60.2 Å². The van der Waals surface area contributed by atoms with Crippen LogP contribution in [0.15, 0.2) is 54.6 Å². The van der Waals surface area contributed by atoms with Crippen molar-refractivity contribution in [2.24, 2.45) is 5.92 Å². The zero-order valence-corrected chi connectivity index (χ0v) is 13.3. The summed E-state index contributed by atoms with van der Waals surface area (Å²) in [7, 11) is -3.54. The standard InChI is InChI=1S/C17H21NO3S/c19-22(20,14-16-12-18-13-16)21-17(9-5-2-6-10-17)11-15-7-3-1-4-8-15/h1-9,16,18H,10-14H2. The normalized spacial score (nSPS) is 25.1. The molecule has 1 atom stereocenters. The van der Waals surface area contributed by atoms with Crippen LogP contribution in [0, 0.1) is 5.92 Å². The molecule has 0 bridgehead atoms. The van der Waals surface area contributed by atoms with Gasteiger partial charge in [0, 0.05) is 31.8 Å². The van der Waals surface area contributed by atoms with Gasteiger partial charge in [-0.05, 0) is 5.56 Å². The lowest BCUT2D eigenvalue weighted by molar-refractivity contribution is 0.128. The predicted octanol–water partition coefficient (Wildman–Crippen LogP) is 2.05. The maximum atomic E-state index is 12.4. The van der Waals surface area contributed by atoms with Crippen LogP contribution in [0.1, 0.15) is 12.0 Å². The van der Waals surface area contributed by atoms with E-state index in [0.717, 1.165) is 18.7 Å². The minimum Gasteiger partial charge on any atom is -0.316 e. The molecule has 1 aliphatic carbocycles. The van der Waals surface area contributed by atoms with Gasteiger partial charge in [-0.1, -0.05) is 54.6 Å². The first-order chi connectivity index (χ1) is 10.6. The second-order valence-electron chi connectivity index (χ2n) is 6.05. The SMILES string of the molecule is O=S(=O)(CC1CNC1)OC1(Cc2ccccc2)C=CC=CC1. The molecule has 1 unspecified atom stereocenters. The van der Waals surface area contributed by atoms with Crippen LogP contribution in [0.2, 0.25) is 0 Å². The van der Waals surface area contributed by atoms with Crippen LogP contribution in [0.3, 0.4) is 0 Å². The van der Waals surface area contributed by atoms with Crippen LogP contribution in [-0.2, 0) is 20.7 Å². The first kappa shape index (κ1) is 15.5. The molecule has 1 fully saturated rings. The predicted molar refractivity (Wildman–Crippen MR) is 87.0 cm³/mol. The van der Waals surface area contributed by atoms with Gasteiger partial charge >= 0.3 is 0 Å². The van der Waals surface area contributed by atoms with Crippen molar-refractivity contribution >= 4 is 10.1 Å². The summed E-state index contributed by atoms with van der Waals surface area (Å²) in [6, 6.07) is 9.87. The topological polar surface area (TPSA) is 55.4 Å². The van der Waals surface area contributed by atoms with Gasteiger partial charge in [0.05, 0.1) is 5.75 Å². The molecule has 0 aromatic heterocycles. The number of hydrogen-bond donors (Lipinski definition) is 1. The Hall–Kier alpha value is -1.43.